The Hall–Kier alpha value is 0.0649. The molecule has 0 aromatic rings. The summed E-state index contributed by atoms with van der Waals surface area (Å²) in [4.78, 5) is 0. The Morgan fingerprint density at radius 3 is 1.06 bits per heavy atom. The summed E-state index contributed by atoms with van der Waals surface area (Å²) in [6.07, 6.45) is 20.7. The van der Waals surface area contributed by atoms with E-state index in [-0.39, 0.29) is 0 Å². The van der Waals surface area contributed by atoms with Crippen molar-refractivity contribution in [2.45, 2.75) is 103 Å². The molecule has 0 aliphatic carbocycles. The molecule has 0 rings (SSSR count). The first kappa shape index (κ1) is 17.1. The van der Waals surface area contributed by atoms with Crippen LogP contribution in [0.1, 0.15) is 96.8 Å². The molecule has 0 aromatic heterocycles. The van der Waals surface area contributed by atoms with E-state index < -0.39 is 0 Å². The van der Waals surface area contributed by atoms with Crippen LogP contribution in [0.15, 0.2) is 0 Å². The van der Waals surface area contributed by atoms with E-state index in [0.717, 1.165) is 6.32 Å². The molecule has 2 radical (unpaired) electrons. The zero-order valence-corrected chi connectivity index (χ0v) is 12.2. The molecule has 0 aromatic carbocycles. The second kappa shape index (κ2) is 16.1. The van der Waals surface area contributed by atoms with E-state index >= 15 is 0 Å². The topological polar surface area (TPSA) is 0 Å². The summed E-state index contributed by atoms with van der Waals surface area (Å²) in [5.74, 6) is 0. The summed E-state index contributed by atoms with van der Waals surface area (Å²) in [5, 5.41) is 0. The predicted octanol–water partition coefficient (Wildman–Crippen LogP) is 6.05. The average molecular weight is 236 g/mol. The average Bonchev–Trinajstić information content (AvgIpc) is 2.35. The number of hydrogen-bond donors (Lipinski definition) is 0. The van der Waals surface area contributed by atoms with Gasteiger partial charge in [0.05, 0.1) is 7.85 Å². The van der Waals surface area contributed by atoms with Crippen molar-refractivity contribution < 1.29 is 0 Å². The first-order valence-electron chi connectivity index (χ1n) is 8.12. The van der Waals surface area contributed by atoms with Gasteiger partial charge < -0.3 is 0 Å². The third kappa shape index (κ3) is 16.1. The van der Waals surface area contributed by atoms with Gasteiger partial charge in [-0.1, -0.05) is 103 Å². The van der Waals surface area contributed by atoms with Crippen LogP contribution < -0.4 is 0 Å². The molecule has 0 unspecified atom stereocenters. The van der Waals surface area contributed by atoms with Crippen LogP contribution in [0.25, 0.3) is 0 Å². The van der Waals surface area contributed by atoms with E-state index in [4.69, 9.17) is 7.85 Å². The molecule has 0 bridgehead atoms. The summed E-state index contributed by atoms with van der Waals surface area (Å²) in [7, 11) is 5.47. The number of unbranched alkanes of at least 4 members (excludes halogenated alkanes) is 13. The molecule has 0 spiro atoms. The minimum Gasteiger partial charge on any atom is -0.0887 e. The second-order valence-electron chi connectivity index (χ2n) is 5.38. The highest BCUT2D eigenvalue weighted by Gasteiger charge is 1.93. The van der Waals surface area contributed by atoms with Crippen LogP contribution >= 0.6 is 0 Å². The molecule has 0 fully saturated rings. The van der Waals surface area contributed by atoms with Crippen molar-refractivity contribution in [2.75, 3.05) is 0 Å². The Balaban J connectivity index is 2.85. The molecule has 0 amide bonds. The van der Waals surface area contributed by atoms with Gasteiger partial charge in [-0.25, -0.2) is 0 Å². The summed E-state index contributed by atoms with van der Waals surface area (Å²) < 4.78 is 0. The fourth-order valence-corrected chi connectivity index (χ4v) is 2.34. The van der Waals surface area contributed by atoms with Gasteiger partial charge in [0.25, 0.3) is 0 Å². The highest BCUT2D eigenvalue weighted by atomic mass is 14.0. The molecular formula is C16H33B. The summed E-state index contributed by atoms with van der Waals surface area (Å²) >= 11 is 0. The predicted molar refractivity (Wildman–Crippen MR) is 80.9 cm³/mol. The van der Waals surface area contributed by atoms with Gasteiger partial charge in [0, 0.05) is 0 Å². The monoisotopic (exact) mass is 236 g/mol. The molecule has 0 aliphatic heterocycles. The van der Waals surface area contributed by atoms with Crippen LogP contribution in [0.5, 0.6) is 0 Å². The molecular weight excluding hydrogens is 203 g/mol. The minimum atomic E-state index is 0.873. The van der Waals surface area contributed by atoms with Crippen LogP contribution in [-0.4, -0.2) is 7.85 Å². The van der Waals surface area contributed by atoms with Crippen molar-refractivity contribution in [1.82, 2.24) is 0 Å². The number of hydrogen-bond acceptors (Lipinski definition) is 0. The molecule has 0 nitrogen and oxygen atoms in total. The van der Waals surface area contributed by atoms with Crippen molar-refractivity contribution in [2.24, 2.45) is 0 Å². The lowest BCUT2D eigenvalue weighted by Gasteiger charge is -2.02. The Morgan fingerprint density at radius 2 is 0.765 bits per heavy atom. The zero-order valence-electron chi connectivity index (χ0n) is 12.2. The van der Waals surface area contributed by atoms with Gasteiger partial charge in [-0.2, -0.15) is 0 Å². The largest absolute Gasteiger partial charge is 0.0887 e. The Kier molecular flexibility index (Phi) is 16.1. The Morgan fingerprint density at radius 1 is 0.471 bits per heavy atom. The first-order chi connectivity index (χ1) is 8.41. The highest BCUT2D eigenvalue weighted by molar-refractivity contribution is 6.08. The molecule has 0 saturated carbocycles. The van der Waals surface area contributed by atoms with Crippen LogP contribution in [0.2, 0.25) is 6.32 Å². The molecule has 17 heavy (non-hydrogen) atoms. The van der Waals surface area contributed by atoms with Gasteiger partial charge in [0.15, 0.2) is 0 Å². The van der Waals surface area contributed by atoms with E-state index in [1.807, 2.05) is 0 Å². The van der Waals surface area contributed by atoms with Gasteiger partial charge >= 0.3 is 0 Å². The normalized spacial score (nSPS) is 10.9. The van der Waals surface area contributed by atoms with Gasteiger partial charge in [0.1, 0.15) is 0 Å². The molecule has 0 saturated heterocycles. The lowest BCUT2D eigenvalue weighted by Crippen LogP contribution is -1.83. The first-order valence-corrected chi connectivity index (χ1v) is 8.12. The van der Waals surface area contributed by atoms with Gasteiger partial charge in [0.2, 0.25) is 0 Å². The van der Waals surface area contributed by atoms with Crippen molar-refractivity contribution in [3.63, 3.8) is 0 Å². The summed E-state index contributed by atoms with van der Waals surface area (Å²) in [6.45, 7) is 2.29. The van der Waals surface area contributed by atoms with E-state index in [9.17, 15) is 0 Å². The maximum atomic E-state index is 5.47. The van der Waals surface area contributed by atoms with Gasteiger partial charge in [-0.05, 0) is 0 Å². The smallest absolute Gasteiger partial charge is 0.0653 e. The fourth-order valence-electron chi connectivity index (χ4n) is 2.34. The quantitative estimate of drug-likeness (QED) is 0.254. The van der Waals surface area contributed by atoms with Crippen molar-refractivity contribution in [1.29, 1.82) is 0 Å². The van der Waals surface area contributed by atoms with E-state index in [0.29, 0.717) is 0 Å². The molecule has 0 atom stereocenters. The SMILES string of the molecule is [B]CCCCCCCCCCCCCCCC. The van der Waals surface area contributed by atoms with Crippen LogP contribution in [0.3, 0.4) is 0 Å². The van der Waals surface area contributed by atoms with Gasteiger partial charge in [-0.3, -0.25) is 0 Å². The van der Waals surface area contributed by atoms with Crippen molar-refractivity contribution in [3.05, 3.63) is 0 Å². The minimum absolute atomic E-state index is 0.873. The molecule has 0 N–H and O–H groups in total. The van der Waals surface area contributed by atoms with E-state index in [2.05, 4.69) is 6.92 Å². The molecule has 0 heterocycles. The van der Waals surface area contributed by atoms with Crippen LogP contribution in [0, 0.1) is 0 Å². The van der Waals surface area contributed by atoms with Crippen LogP contribution in [0.4, 0.5) is 0 Å². The van der Waals surface area contributed by atoms with E-state index in [1.54, 1.807) is 0 Å². The Labute approximate surface area is 111 Å². The van der Waals surface area contributed by atoms with Crippen molar-refractivity contribution >= 4 is 7.85 Å². The van der Waals surface area contributed by atoms with Gasteiger partial charge in [-0.15, -0.1) is 0 Å². The maximum Gasteiger partial charge on any atom is 0.0653 e. The van der Waals surface area contributed by atoms with Crippen molar-refractivity contribution in [3.8, 4) is 0 Å². The lowest BCUT2D eigenvalue weighted by atomic mass is 9.98. The maximum absolute atomic E-state index is 5.47. The molecule has 0 aliphatic rings. The Bertz CT molecular complexity index is 109. The summed E-state index contributed by atoms with van der Waals surface area (Å²) in [5.41, 5.74) is 0. The second-order valence-corrected chi connectivity index (χ2v) is 5.38. The standard InChI is InChI=1S/C16H33B/c1-2-3-4-5-6-7-8-9-10-11-12-13-14-15-16-17/h2-16H2,1H3. The molecule has 1 heteroatoms. The third-order valence-electron chi connectivity index (χ3n) is 3.56. The molecule has 100 valence electrons. The fraction of sp³-hybridized carbons (Fsp3) is 1.00. The summed E-state index contributed by atoms with van der Waals surface area (Å²) in [6, 6.07) is 0. The lowest BCUT2D eigenvalue weighted by molar-refractivity contribution is 0.538. The highest BCUT2D eigenvalue weighted by Crippen LogP contribution is 2.12. The third-order valence-corrected chi connectivity index (χ3v) is 3.56. The zero-order chi connectivity index (χ0) is 12.6. The number of rotatable bonds is 14. The van der Waals surface area contributed by atoms with E-state index in [1.165, 1.54) is 89.9 Å². The van der Waals surface area contributed by atoms with Crippen LogP contribution in [-0.2, 0) is 0 Å².